The van der Waals surface area contributed by atoms with E-state index in [2.05, 4.69) is 5.32 Å². The molecule has 0 spiro atoms. The molecule has 0 unspecified atom stereocenters. The Morgan fingerprint density at radius 3 is 2.71 bits per heavy atom. The fourth-order valence-corrected chi connectivity index (χ4v) is 2.37. The smallest absolute Gasteiger partial charge is 0.311 e. The van der Waals surface area contributed by atoms with E-state index in [-0.39, 0.29) is 18.9 Å². The first kappa shape index (κ1) is 15.6. The molecule has 1 aliphatic rings. The van der Waals surface area contributed by atoms with Crippen LogP contribution in [0.4, 0.5) is 0 Å². The largest absolute Gasteiger partial charge is 0.492 e. The first-order valence-corrected chi connectivity index (χ1v) is 7.26. The second-order valence-corrected chi connectivity index (χ2v) is 5.61. The summed E-state index contributed by atoms with van der Waals surface area (Å²) in [7, 11) is 0. The van der Waals surface area contributed by atoms with Crippen LogP contribution in [-0.4, -0.2) is 30.1 Å². The van der Waals surface area contributed by atoms with E-state index in [1.807, 2.05) is 6.92 Å². The van der Waals surface area contributed by atoms with Gasteiger partial charge in [-0.15, -0.1) is 0 Å². The number of aliphatic carboxylic acids is 1. The van der Waals surface area contributed by atoms with E-state index < -0.39 is 11.4 Å². The molecule has 6 heteroatoms. The van der Waals surface area contributed by atoms with E-state index in [1.165, 1.54) is 0 Å². The van der Waals surface area contributed by atoms with E-state index in [9.17, 15) is 9.59 Å². The van der Waals surface area contributed by atoms with Crippen LogP contribution in [0.1, 0.15) is 25.3 Å². The zero-order chi connectivity index (χ0) is 15.5. The number of ether oxygens (including phenoxy) is 1. The van der Waals surface area contributed by atoms with Crippen molar-refractivity contribution >= 4 is 23.5 Å². The lowest BCUT2D eigenvalue weighted by Crippen LogP contribution is -2.35. The maximum absolute atomic E-state index is 12.0. The zero-order valence-electron chi connectivity index (χ0n) is 11.8. The van der Waals surface area contributed by atoms with Gasteiger partial charge in [-0.05, 0) is 25.8 Å². The third-order valence-corrected chi connectivity index (χ3v) is 3.92. The highest BCUT2D eigenvalue weighted by Crippen LogP contribution is 2.45. The minimum atomic E-state index is -0.847. The number of nitrogens with one attached hydrogen (secondary N) is 1. The summed E-state index contributed by atoms with van der Waals surface area (Å²) in [6, 6.07) is 5.24. The summed E-state index contributed by atoms with van der Waals surface area (Å²) in [5, 5.41) is 12.2. The van der Waals surface area contributed by atoms with Gasteiger partial charge in [-0.2, -0.15) is 0 Å². The Balaban J connectivity index is 1.97. The highest BCUT2D eigenvalue weighted by atomic mass is 35.5. The third-order valence-electron chi connectivity index (χ3n) is 3.62. The van der Waals surface area contributed by atoms with Crippen molar-refractivity contribution in [3.8, 4) is 5.75 Å². The summed E-state index contributed by atoms with van der Waals surface area (Å²) in [4.78, 5) is 23.0. The van der Waals surface area contributed by atoms with Gasteiger partial charge in [0.1, 0.15) is 5.75 Å². The quantitative estimate of drug-likeness (QED) is 0.810. The van der Waals surface area contributed by atoms with Crippen LogP contribution in [0.3, 0.4) is 0 Å². The van der Waals surface area contributed by atoms with Crippen LogP contribution >= 0.6 is 11.6 Å². The van der Waals surface area contributed by atoms with Crippen molar-refractivity contribution in [3.63, 3.8) is 0 Å². The molecule has 5 nitrogen and oxygen atoms in total. The number of carbonyl (C=O) groups excluding carboxylic acids is 1. The monoisotopic (exact) mass is 311 g/mol. The van der Waals surface area contributed by atoms with E-state index >= 15 is 0 Å². The molecule has 1 aromatic rings. The van der Waals surface area contributed by atoms with Gasteiger partial charge >= 0.3 is 5.97 Å². The Morgan fingerprint density at radius 2 is 2.14 bits per heavy atom. The van der Waals surface area contributed by atoms with Crippen molar-refractivity contribution in [2.24, 2.45) is 5.41 Å². The molecule has 1 saturated carbocycles. The van der Waals surface area contributed by atoms with Crippen molar-refractivity contribution in [1.82, 2.24) is 5.32 Å². The van der Waals surface area contributed by atoms with Gasteiger partial charge in [0.2, 0.25) is 5.91 Å². The lowest BCUT2D eigenvalue weighted by atomic mass is 10.1. The molecule has 1 aliphatic carbocycles. The first-order valence-electron chi connectivity index (χ1n) is 6.89. The van der Waals surface area contributed by atoms with E-state index in [1.54, 1.807) is 18.2 Å². The number of hydrogen-bond acceptors (Lipinski definition) is 3. The number of halogens is 1. The van der Waals surface area contributed by atoms with Gasteiger partial charge in [-0.25, -0.2) is 0 Å². The average Bonchev–Trinajstić information content (AvgIpc) is 3.22. The Labute approximate surface area is 128 Å². The van der Waals surface area contributed by atoms with Crippen molar-refractivity contribution in [2.75, 3.05) is 13.2 Å². The van der Waals surface area contributed by atoms with Gasteiger partial charge in [-0.1, -0.05) is 23.7 Å². The fourth-order valence-electron chi connectivity index (χ4n) is 2.12. The molecule has 21 heavy (non-hydrogen) atoms. The molecule has 2 N–H and O–H groups in total. The van der Waals surface area contributed by atoms with Crippen LogP contribution in [0.25, 0.3) is 0 Å². The van der Waals surface area contributed by atoms with Gasteiger partial charge in [0.05, 0.1) is 23.5 Å². The highest BCUT2D eigenvalue weighted by Gasteiger charge is 2.50. The molecule has 0 aliphatic heterocycles. The van der Waals surface area contributed by atoms with E-state index in [0.717, 1.165) is 0 Å². The van der Waals surface area contributed by atoms with Crippen molar-refractivity contribution in [1.29, 1.82) is 0 Å². The number of carbonyl (C=O) groups is 2. The van der Waals surface area contributed by atoms with Crippen LogP contribution in [0.2, 0.25) is 5.02 Å². The standard InChI is InChI=1S/C15H18ClNO4/c1-2-21-13-10(4-3-5-11(13)16)8-12(18)17-9-15(6-7-15)14(19)20/h3-5H,2,6-9H2,1H3,(H,17,18)(H,19,20). The van der Waals surface area contributed by atoms with Crippen molar-refractivity contribution in [3.05, 3.63) is 28.8 Å². The fraction of sp³-hybridized carbons (Fsp3) is 0.467. The van der Waals surface area contributed by atoms with Gasteiger partial charge in [0.15, 0.2) is 0 Å². The second-order valence-electron chi connectivity index (χ2n) is 5.20. The molecular formula is C15H18ClNO4. The molecule has 1 amide bonds. The number of hydrogen-bond donors (Lipinski definition) is 2. The van der Waals surface area contributed by atoms with E-state index in [4.69, 9.17) is 21.4 Å². The topological polar surface area (TPSA) is 75.6 Å². The van der Waals surface area contributed by atoms with E-state index in [0.29, 0.717) is 35.8 Å². The maximum atomic E-state index is 12.0. The minimum absolute atomic E-state index is 0.117. The molecular weight excluding hydrogens is 294 g/mol. The molecule has 1 fully saturated rings. The first-order chi connectivity index (χ1) is 9.98. The molecule has 0 saturated heterocycles. The lowest BCUT2D eigenvalue weighted by Gasteiger charge is -2.13. The van der Waals surface area contributed by atoms with Crippen molar-refractivity contribution in [2.45, 2.75) is 26.2 Å². The number of rotatable bonds is 7. The normalized spacial score (nSPS) is 15.3. The average molecular weight is 312 g/mol. The summed E-state index contributed by atoms with van der Waals surface area (Å²) < 4.78 is 5.46. The number of carboxylic acid groups (broad SMARTS) is 1. The molecule has 0 radical (unpaired) electrons. The molecule has 0 aromatic heterocycles. The predicted octanol–water partition coefficient (Wildman–Crippen LogP) is 2.26. The Hall–Kier alpha value is -1.75. The van der Waals surface area contributed by atoms with Crippen LogP contribution in [-0.2, 0) is 16.0 Å². The third kappa shape index (κ3) is 3.67. The molecule has 0 heterocycles. The maximum Gasteiger partial charge on any atom is 0.311 e. The number of para-hydroxylation sites is 1. The summed E-state index contributed by atoms with van der Waals surface area (Å²) >= 11 is 6.06. The van der Waals surface area contributed by atoms with Gasteiger partial charge < -0.3 is 15.2 Å². The Kier molecular flexibility index (Phi) is 4.73. The number of carboxylic acids is 1. The minimum Gasteiger partial charge on any atom is -0.492 e. The van der Waals surface area contributed by atoms with Crippen LogP contribution < -0.4 is 10.1 Å². The number of amides is 1. The molecule has 0 atom stereocenters. The van der Waals surface area contributed by atoms with Gasteiger partial charge in [0.25, 0.3) is 0 Å². The molecule has 2 rings (SSSR count). The summed E-state index contributed by atoms with van der Waals surface area (Å²) in [6.45, 7) is 2.48. The Morgan fingerprint density at radius 1 is 1.43 bits per heavy atom. The predicted molar refractivity (Wildman–Crippen MR) is 78.6 cm³/mol. The SMILES string of the molecule is CCOc1c(Cl)cccc1CC(=O)NCC1(C(=O)O)CC1. The number of benzene rings is 1. The van der Waals surface area contributed by atoms with Gasteiger partial charge in [0, 0.05) is 12.1 Å². The highest BCUT2D eigenvalue weighted by molar-refractivity contribution is 6.32. The van der Waals surface area contributed by atoms with Crippen LogP contribution in [0.15, 0.2) is 18.2 Å². The summed E-state index contributed by atoms with van der Waals surface area (Å²) in [5.41, 5.74) is -0.0609. The lowest BCUT2D eigenvalue weighted by molar-refractivity contribution is -0.143. The van der Waals surface area contributed by atoms with Crippen LogP contribution in [0.5, 0.6) is 5.75 Å². The van der Waals surface area contributed by atoms with Gasteiger partial charge in [-0.3, -0.25) is 9.59 Å². The van der Waals surface area contributed by atoms with Crippen molar-refractivity contribution < 1.29 is 19.4 Å². The molecule has 1 aromatic carbocycles. The summed E-state index contributed by atoms with van der Waals surface area (Å²) in [5.74, 6) is -0.567. The molecule has 0 bridgehead atoms. The second kappa shape index (κ2) is 6.35. The zero-order valence-corrected chi connectivity index (χ0v) is 12.6. The molecule has 114 valence electrons. The summed E-state index contributed by atoms with van der Waals surface area (Å²) in [6.07, 6.45) is 1.35. The Bertz CT molecular complexity index is 555. The van der Waals surface area contributed by atoms with Crippen LogP contribution in [0, 0.1) is 5.41 Å².